The van der Waals surface area contributed by atoms with Crippen LogP contribution in [0.2, 0.25) is 0 Å². The number of carbonyl (C=O) groups excluding carboxylic acids is 1. The number of rotatable bonds is 6. The van der Waals surface area contributed by atoms with E-state index in [2.05, 4.69) is 0 Å². The Bertz CT molecular complexity index is 862. The molecule has 0 saturated carbocycles. The Morgan fingerprint density at radius 3 is 2.22 bits per heavy atom. The molecule has 1 aliphatic rings. The van der Waals surface area contributed by atoms with E-state index in [9.17, 15) is 13.2 Å². The van der Waals surface area contributed by atoms with Gasteiger partial charge < -0.3 is 9.64 Å². The largest absolute Gasteiger partial charge is 0.497 e. The van der Waals surface area contributed by atoms with E-state index < -0.39 is 10.0 Å². The minimum Gasteiger partial charge on any atom is -0.497 e. The predicted molar refractivity (Wildman–Crippen MR) is 105 cm³/mol. The second-order valence-corrected chi connectivity index (χ2v) is 9.05. The van der Waals surface area contributed by atoms with Crippen LogP contribution in [-0.2, 0) is 14.8 Å². The summed E-state index contributed by atoms with van der Waals surface area (Å²) in [6.07, 6.45) is 0. The number of thioether (sulfide) groups is 1. The van der Waals surface area contributed by atoms with Crippen molar-refractivity contribution in [3.63, 3.8) is 0 Å². The Morgan fingerprint density at radius 2 is 1.63 bits per heavy atom. The highest BCUT2D eigenvalue weighted by Crippen LogP contribution is 2.22. The fraction of sp³-hybridized carbons (Fsp3) is 0.316. The van der Waals surface area contributed by atoms with Crippen molar-refractivity contribution in [2.24, 2.45) is 0 Å². The molecule has 0 radical (unpaired) electrons. The fourth-order valence-electron chi connectivity index (χ4n) is 2.83. The molecular weight excluding hydrogens is 384 g/mol. The topological polar surface area (TPSA) is 66.9 Å². The van der Waals surface area contributed by atoms with E-state index >= 15 is 0 Å². The molecular formula is C19H22N2O4S2. The van der Waals surface area contributed by atoms with Gasteiger partial charge in [0.25, 0.3) is 0 Å². The first-order valence-corrected chi connectivity index (χ1v) is 11.0. The maximum atomic E-state index is 12.8. The standard InChI is InChI=1S/C19H22N2O4S2/c1-25-16-7-9-18(10-8-16)27(23,24)21-13-11-20(12-14-21)19(22)15-26-17-5-3-2-4-6-17/h2-10H,11-15H2,1H3. The lowest BCUT2D eigenvalue weighted by molar-refractivity contribution is -0.129. The molecule has 1 aliphatic heterocycles. The van der Waals surface area contributed by atoms with Crippen LogP contribution in [0.5, 0.6) is 5.75 Å². The van der Waals surface area contributed by atoms with Crippen LogP contribution in [0.4, 0.5) is 0 Å². The van der Waals surface area contributed by atoms with Gasteiger partial charge in [0.1, 0.15) is 5.75 Å². The molecule has 0 atom stereocenters. The predicted octanol–water partition coefficient (Wildman–Crippen LogP) is 2.32. The first-order valence-electron chi connectivity index (χ1n) is 8.60. The summed E-state index contributed by atoms with van der Waals surface area (Å²) in [5, 5.41) is 0. The number of hydrogen-bond acceptors (Lipinski definition) is 5. The Morgan fingerprint density at radius 1 is 1.00 bits per heavy atom. The van der Waals surface area contributed by atoms with E-state index in [1.165, 1.54) is 23.2 Å². The van der Waals surface area contributed by atoms with Gasteiger partial charge in [0.15, 0.2) is 0 Å². The second kappa shape index (κ2) is 8.77. The molecule has 1 fully saturated rings. The van der Waals surface area contributed by atoms with Gasteiger partial charge in [-0.3, -0.25) is 4.79 Å². The summed E-state index contributed by atoms with van der Waals surface area (Å²) in [4.78, 5) is 15.4. The van der Waals surface area contributed by atoms with Gasteiger partial charge in [0.05, 0.1) is 17.8 Å². The van der Waals surface area contributed by atoms with Crippen LogP contribution in [-0.4, -0.2) is 62.6 Å². The van der Waals surface area contributed by atoms with Gasteiger partial charge in [-0.2, -0.15) is 4.31 Å². The third-order valence-electron chi connectivity index (χ3n) is 4.39. The van der Waals surface area contributed by atoms with Crippen molar-refractivity contribution in [3.05, 3.63) is 54.6 Å². The average Bonchev–Trinajstić information content (AvgIpc) is 2.73. The van der Waals surface area contributed by atoms with Gasteiger partial charge >= 0.3 is 0 Å². The van der Waals surface area contributed by atoms with E-state index in [1.54, 1.807) is 29.2 Å². The zero-order valence-electron chi connectivity index (χ0n) is 15.1. The van der Waals surface area contributed by atoms with Crippen molar-refractivity contribution in [2.75, 3.05) is 39.0 Å². The van der Waals surface area contributed by atoms with Crippen molar-refractivity contribution in [3.8, 4) is 5.75 Å². The molecule has 144 valence electrons. The molecule has 0 aliphatic carbocycles. The van der Waals surface area contributed by atoms with Crippen LogP contribution in [0.25, 0.3) is 0 Å². The number of amides is 1. The van der Waals surface area contributed by atoms with Crippen LogP contribution in [0, 0.1) is 0 Å². The monoisotopic (exact) mass is 406 g/mol. The average molecular weight is 407 g/mol. The molecule has 0 bridgehead atoms. The quantitative estimate of drug-likeness (QED) is 0.689. The molecule has 1 saturated heterocycles. The first kappa shape index (κ1) is 19.7. The van der Waals surface area contributed by atoms with Gasteiger partial charge in [-0.25, -0.2) is 8.42 Å². The van der Waals surface area contributed by atoms with Crippen LogP contribution in [0.15, 0.2) is 64.4 Å². The zero-order valence-corrected chi connectivity index (χ0v) is 16.7. The lowest BCUT2D eigenvalue weighted by atomic mass is 10.3. The number of carbonyl (C=O) groups is 1. The Hall–Kier alpha value is -2.03. The van der Waals surface area contributed by atoms with Gasteiger partial charge in [-0.1, -0.05) is 18.2 Å². The molecule has 0 N–H and O–H groups in total. The third kappa shape index (κ3) is 4.82. The van der Waals surface area contributed by atoms with Crippen molar-refractivity contribution >= 4 is 27.7 Å². The third-order valence-corrected chi connectivity index (χ3v) is 7.30. The normalized spacial score (nSPS) is 15.5. The summed E-state index contributed by atoms with van der Waals surface area (Å²) >= 11 is 1.49. The highest BCUT2D eigenvalue weighted by atomic mass is 32.2. The number of ether oxygens (including phenoxy) is 1. The number of nitrogens with zero attached hydrogens (tertiary/aromatic N) is 2. The summed E-state index contributed by atoms with van der Waals surface area (Å²) in [5.41, 5.74) is 0. The summed E-state index contributed by atoms with van der Waals surface area (Å²) < 4.78 is 32.0. The Labute approximate surface area is 164 Å². The number of methoxy groups -OCH3 is 1. The maximum absolute atomic E-state index is 12.8. The van der Waals surface area contributed by atoms with E-state index in [-0.39, 0.29) is 10.8 Å². The lowest BCUT2D eigenvalue weighted by Crippen LogP contribution is -2.50. The molecule has 2 aromatic rings. The number of piperazine rings is 1. The highest BCUT2D eigenvalue weighted by molar-refractivity contribution is 8.00. The minimum absolute atomic E-state index is 0.0327. The van der Waals surface area contributed by atoms with E-state index in [0.717, 1.165) is 4.90 Å². The van der Waals surface area contributed by atoms with Crippen LogP contribution in [0.3, 0.4) is 0 Å². The molecule has 27 heavy (non-hydrogen) atoms. The SMILES string of the molecule is COc1ccc(S(=O)(=O)N2CCN(C(=O)CSc3ccccc3)CC2)cc1. The zero-order chi connectivity index (χ0) is 19.3. The second-order valence-electron chi connectivity index (χ2n) is 6.06. The summed E-state index contributed by atoms with van der Waals surface area (Å²) in [6, 6.07) is 16.1. The summed E-state index contributed by atoms with van der Waals surface area (Å²) in [6.45, 7) is 1.42. The first-order chi connectivity index (χ1) is 13.0. The smallest absolute Gasteiger partial charge is 0.243 e. The molecule has 8 heteroatoms. The lowest BCUT2D eigenvalue weighted by Gasteiger charge is -2.34. The molecule has 3 rings (SSSR count). The van der Waals surface area contributed by atoms with Crippen molar-refractivity contribution in [1.29, 1.82) is 0 Å². The van der Waals surface area contributed by atoms with Gasteiger partial charge in [-0.15, -0.1) is 11.8 Å². The Kier molecular flexibility index (Phi) is 6.41. The highest BCUT2D eigenvalue weighted by Gasteiger charge is 2.30. The fourth-order valence-corrected chi connectivity index (χ4v) is 5.07. The number of hydrogen-bond donors (Lipinski definition) is 0. The van der Waals surface area contributed by atoms with E-state index in [0.29, 0.717) is 37.7 Å². The van der Waals surface area contributed by atoms with Crippen molar-refractivity contribution in [1.82, 2.24) is 9.21 Å². The van der Waals surface area contributed by atoms with E-state index in [1.807, 2.05) is 30.3 Å². The van der Waals surface area contributed by atoms with Crippen LogP contribution >= 0.6 is 11.8 Å². The molecule has 0 spiro atoms. The molecule has 2 aromatic carbocycles. The van der Waals surface area contributed by atoms with Crippen LogP contribution in [0.1, 0.15) is 0 Å². The Balaban J connectivity index is 1.55. The molecule has 0 unspecified atom stereocenters. The van der Waals surface area contributed by atoms with Crippen molar-refractivity contribution < 1.29 is 17.9 Å². The molecule has 6 nitrogen and oxygen atoms in total. The number of sulfonamides is 1. The minimum atomic E-state index is -3.56. The summed E-state index contributed by atoms with van der Waals surface area (Å²) in [7, 11) is -2.02. The molecule has 0 aromatic heterocycles. The number of benzene rings is 2. The maximum Gasteiger partial charge on any atom is 0.243 e. The van der Waals surface area contributed by atoms with Gasteiger partial charge in [0, 0.05) is 31.1 Å². The van der Waals surface area contributed by atoms with Crippen molar-refractivity contribution in [2.45, 2.75) is 9.79 Å². The van der Waals surface area contributed by atoms with Gasteiger partial charge in [-0.05, 0) is 36.4 Å². The van der Waals surface area contributed by atoms with E-state index in [4.69, 9.17) is 4.74 Å². The van der Waals surface area contributed by atoms with Gasteiger partial charge in [0.2, 0.25) is 15.9 Å². The van der Waals surface area contributed by atoms with Crippen LogP contribution < -0.4 is 4.74 Å². The molecule has 1 amide bonds. The summed E-state index contributed by atoms with van der Waals surface area (Å²) in [5.74, 6) is 1.00. The molecule has 1 heterocycles.